The van der Waals surface area contributed by atoms with E-state index >= 15 is 0 Å². The van der Waals surface area contributed by atoms with Gasteiger partial charge in [-0.05, 0) is 38.0 Å². The van der Waals surface area contributed by atoms with E-state index in [1.165, 1.54) is 32.2 Å². The van der Waals surface area contributed by atoms with Gasteiger partial charge in [0, 0.05) is 0 Å². The molecule has 13 heteroatoms. The molecule has 0 heterocycles. The molecule has 0 saturated carbocycles. The molecule has 0 atom stereocenters. The maximum atomic E-state index is 11.9. The first-order valence-electron chi connectivity index (χ1n) is 10.7. The Morgan fingerprint density at radius 2 is 1.64 bits per heavy atom. The zero-order chi connectivity index (χ0) is 27.5. The molecule has 0 aromatic heterocycles. The standard InChI is InChI=1S/C15H19ClO5.C8H10AsNO5/c1-4-20-14(17)11(15(18)21-5-2)8-10-6-7-12(16)13(9-10)19-3;1-5(11)10-8-6(9(13,14)15)3-2-4-7(8)12/h6-7,9,11H,4-5,8H2,1-3H3;2-4,12H,1H3,(H,10,11)(H2,13,14,15). The summed E-state index contributed by atoms with van der Waals surface area (Å²) in [7, 11) is 1.50. The van der Waals surface area contributed by atoms with Crippen molar-refractivity contribution < 1.29 is 45.6 Å². The summed E-state index contributed by atoms with van der Waals surface area (Å²) in [5.74, 6) is -2.57. The summed E-state index contributed by atoms with van der Waals surface area (Å²) in [6.45, 7) is 4.97. The number of esters is 2. The van der Waals surface area contributed by atoms with Crippen LogP contribution in [0.2, 0.25) is 5.02 Å². The SMILES string of the molecule is CC(=O)Nc1c(O)cccc1[As](=O)(O)O.CCOC(=O)C(Cc1ccc(Cl)c(OC)c1)C(=O)OCC. The van der Waals surface area contributed by atoms with Crippen LogP contribution in [0, 0.1) is 5.92 Å². The largest absolute Gasteiger partial charge is 0.495 e. The van der Waals surface area contributed by atoms with Crippen molar-refractivity contribution in [3.8, 4) is 11.5 Å². The Kier molecular flexibility index (Phi) is 12.5. The molecule has 0 radical (unpaired) electrons. The van der Waals surface area contributed by atoms with Crippen molar-refractivity contribution in [3.63, 3.8) is 0 Å². The Hall–Kier alpha value is -2.98. The van der Waals surface area contributed by atoms with Crippen molar-refractivity contribution in [1.82, 2.24) is 0 Å². The van der Waals surface area contributed by atoms with Gasteiger partial charge in [-0.15, -0.1) is 0 Å². The molecule has 0 spiro atoms. The number of nitrogens with one attached hydrogen (secondary N) is 1. The van der Waals surface area contributed by atoms with Crippen LogP contribution in [0.1, 0.15) is 26.3 Å². The molecule has 2 aromatic carbocycles. The molecule has 0 bridgehead atoms. The number of benzene rings is 2. The molecule has 36 heavy (non-hydrogen) atoms. The summed E-state index contributed by atoms with van der Waals surface area (Å²) in [5, 5.41) is 12.0. The summed E-state index contributed by atoms with van der Waals surface area (Å²) >= 11 is 0.807. The maximum Gasteiger partial charge on any atom is 0.320 e. The minimum absolute atomic E-state index is 0.172. The summed E-state index contributed by atoms with van der Waals surface area (Å²) in [4.78, 5) is 34.6. The van der Waals surface area contributed by atoms with E-state index in [2.05, 4.69) is 5.32 Å². The summed E-state index contributed by atoms with van der Waals surface area (Å²) in [5.41, 5.74) is 0.514. The Morgan fingerprint density at radius 3 is 2.11 bits per heavy atom. The number of carbonyl (C=O) groups excluding carboxylic acids is 3. The van der Waals surface area contributed by atoms with Gasteiger partial charge in [0.15, 0.2) is 5.92 Å². The number of ether oxygens (including phenoxy) is 3. The Balaban J connectivity index is 0.000000381. The van der Waals surface area contributed by atoms with E-state index < -0.39 is 37.9 Å². The predicted octanol–water partition coefficient (Wildman–Crippen LogP) is 1.55. The molecule has 0 saturated heterocycles. The third-order valence-corrected chi connectivity index (χ3v) is 6.84. The van der Waals surface area contributed by atoms with Crippen LogP contribution >= 0.6 is 11.6 Å². The van der Waals surface area contributed by atoms with Crippen molar-refractivity contribution in [2.45, 2.75) is 27.2 Å². The molecule has 0 fully saturated rings. The summed E-state index contributed by atoms with van der Waals surface area (Å²) in [6, 6.07) is 8.79. The van der Waals surface area contributed by atoms with Crippen LogP contribution in [0.4, 0.5) is 5.69 Å². The van der Waals surface area contributed by atoms with Crippen LogP contribution in [0.3, 0.4) is 0 Å². The number of hydrogen-bond donors (Lipinski definition) is 4. The van der Waals surface area contributed by atoms with Crippen LogP contribution in [0.25, 0.3) is 0 Å². The molecular weight excluding hydrogens is 561 g/mol. The van der Waals surface area contributed by atoms with E-state index in [1.54, 1.807) is 32.0 Å². The third kappa shape index (κ3) is 9.58. The van der Waals surface area contributed by atoms with Crippen LogP contribution < -0.4 is 14.4 Å². The molecule has 2 rings (SSSR count). The van der Waals surface area contributed by atoms with Crippen molar-refractivity contribution in [3.05, 3.63) is 47.0 Å². The Labute approximate surface area is 216 Å². The molecule has 0 unspecified atom stereocenters. The van der Waals surface area contributed by atoms with Gasteiger partial charge < -0.3 is 14.2 Å². The molecular formula is C23H29AsClNO10. The molecule has 0 aliphatic rings. The number of phenolic OH excluding ortho intramolecular Hbond substituents is 1. The van der Waals surface area contributed by atoms with Crippen molar-refractivity contribution in [2.24, 2.45) is 5.92 Å². The van der Waals surface area contributed by atoms with Gasteiger partial charge in [0.05, 0.1) is 25.3 Å². The van der Waals surface area contributed by atoms with E-state index in [0.29, 0.717) is 10.8 Å². The van der Waals surface area contributed by atoms with Gasteiger partial charge in [-0.1, -0.05) is 17.7 Å². The Bertz CT molecular complexity index is 1100. The van der Waals surface area contributed by atoms with E-state index in [4.69, 9.17) is 34.0 Å². The van der Waals surface area contributed by atoms with Crippen LogP contribution in [-0.2, 0) is 34.0 Å². The number of anilines is 1. The normalized spacial score (nSPS) is 10.7. The molecule has 11 nitrogen and oxygen atoms in total. The molecule has 0 aliphatic carbocycles. The van der Waals surface area contributed by atoms with E-state index in [9.17, 15) is 23.2 Å². The molecule has 4 N–H and O–H groups in total. The minimum atomic E-state index is -5.14. The fourth-order valence-corrected chi connectivity index (χ4v) is 4.64. The van der Waals surface area contributed by atoms with Crippen molar-refractivity contribution >= 4 is 53.7 Å². The number of methoxy groups -OCH3 is 1. The number of halogens is 1. The maximum absolute atomic E-state index is 11.9. The number of carbonyl (C=O) groups is 3. The molecule has 1 amide bonds. The first-order valence-corrected chi connectivity index (χ1v) is 14.4. The molecule has 0 aliphatic heterocycles. The minimum Gasteiger partial charge on any atom is -0.495 e. The Morgan fingerprint density at radius 1 is 1.06 bits per heavy atom. The van der Waals surface area contributed by atoms with Crippen molar-refractivity contribution in [1.29, 1.82) is 0 Å². The fourth-order valence-electron chi connectivity index (χ4n) is 2.89. The van der Waals surface area contributed by atoms with Gasteiger partial charge in [-0.3, -0.25) is 9.59 Å². The average Bonchev–Trinajstić information content (AvgIpc) is 2.79. The predicted molar refractivity (Wildman–Crippen MR) is 131 cm³/mol. The number of rotatable bonds is 9. The summed E-state index contributed by atoms with van der Waals surface area (Å²) < 4.78 is 43.7. The monoisotopic (exact) mass is 589 g/mol. The summed E-state index contributed by atoms with van der Waals surface area (Å²) in [6.07, 6.45) is 0.172. The average molecular weight is 590 g/mol. The van der Waals surface area contributed by atoms with Crippen LogP contribution in [0.5, 0.6) is 11.5 Å². The zero-order valence-electron chi connectivity index (χ0n) is 20.2. The second kappa shape index (κ2) is 14.5. The number of amides is 1. The van der Waals surface area contributed by atoms with Crippen molar-refractivity contribution in [2.75, 3.05) is 25.6 Å². The first kappa shape index (κ1) is 31.0. The molecule has 198 valence electrons. The third-order valence-electron chi connectivity index (χ3n) is 4.43. The first-order chi connectivity index (χ1) is 16.8. The van der Waals surface area contributed by atoms with Gasteiger partial charge in [0.25, 0.3) is 0 Å². The quantitative estimate of drug-likeness (QED) is 0.146. The van der Waals surface area contributed by atoms with Gasteiger partial charge in [0.1, 0.15) is 5.75 Å². The molecule has 2 aromatic rings. The number of para-hydroxylation sites is 1. The number of phenols is 1. The number of aromatic hydroxyl groups is 1. The van der Waals surface area contributed by atoms with Gasteiger partial charge >= 0.3 is 100 Å². The fraction of sp³-hybridized carbons (Fsp3) is 0.348. The van der Waals surface area contributed by atoms with Gasteiger partial charge in [-0.25, -0.2) is 0 Å². The van der Waals surface area contributed by atoms with Gasteiger partial charge in [0.2, 0.25) is 0 Å². The zero-order valence-corrected chi connectivity index (χ0v) is 22.8. The van der Waals surface area contributed by atoms with Crippen LogP contribution in [0.15, 0.2) is 36.4 Å². The van der Waals surface area contributed by atoms with Gasteiger partial charge in [-0.2, -0.15) is 0 Å². The topological polar surface area (TPSA) is 169 Å². The van der Waals surface area contributed by atoms with E-state index in [0.717, 1.165) is 5.56 Å². The number of hydrogen-bond acceptors (Lipinski definition) is 8. The smallest absolute Gasteiger partial charge is 0.320 e. The van der Waals surface area contributed by atoms with E-state index in [1.807, 2.05) is 0 Å². The van der Waals surface area contributed by atoms with Crippen LogP contribution in [-0.4, -0.2) is 65.6 Å². The second-order valence-electron chi connectivity index (χ2n) is 7.13. The van der Waals surface area contributed by atoms with E-state index in [-0.39, 0.29) is 35.4 Å². The second-order valence-corrected chi connectivity index (χ2v) is 10.8.